The molecule has 7 nitrogen and oxygen atoms in total. The van der Waals surface area contributed by atoms with Gasteiger partial charge in [0.05, 0.1) is 22.0 Å². The van der Waals surface area contributed by atoms with E-state index in [-0.39, 0.29) is 23.8 Å². The number of rotatable bonds is 7. The lowest BCUT2D eigenvalue weighted by atomic mass is 10.1. The van der Waals surface area contributed by atoms with E-state index in [4.69, 9.17) is 27.9 Å². The summed E-state index contributed by atoms with van der Waals surface area (Å²) in [6.45, 7) is 3.85. The van der Waals surface area contributed by atoms with Gasteiger partial charge in [0.2, 0.25) is 5.95 Å². The Labute approximate surface area is 182 Å². The molecule has 0 saturated carbocycles. The van der Waals surface area contributed by atoms with E-state index in [1.165, 1.54) is 6.21 Å². The minimum atomic E-state index is -0.570. The van der Waals surface area contributed by atoms with Crippen LogP contribution < -0.4 is 15.7 Å². The third kappa shape index (κ3) is 4.87. The molecule has 3 rings (SSSR count). The summed E-state index contributed by atoms with van der Waals surface area (Å²) >= 11 is 12.4. The molecule has 0 aliphatic heterocycles. The van der Waals surface area contributed by atoms with Crippen molar-refractivity contribution in [3.8, 4) is 23.1 Å². The van der Waals surface area contributed by atoms with Gasteiger partial charge in [0.15, 0.2) is 5.75 Å². The minimum absolute atomic E-state index is 0.0793. The van der Waals surface area contributed by atoms with Crippen molar-refractivity contribution in [2.75, 3.05) is 12.0 Å². The predicted molar refractivity (Wildman–Crippen MR) is 118 cm³/mol. The molecule has 0 bridgehead atoms. The molecule has 150 valence electrons. The number of ether oxygens (including phenoxy) is 1. The van der Waals surface area contributed by atoms with Gasteiger partial charge in [-0.2, -0.15) is 10.4 Å². The maximum absolute atomic E-state index is 12.2. The fraction of sp³-hybridized carbons (Fsp3) is 0.0476. The first-order chi connectivity index (χ1) is 14.5. The fourth-order valence-corrected chi connectivity index (χ4v) is 3.15. The summed E-state index contributed by atoms with van der Waals surface area (Å²) in [6, 6.07) is 14.1. The molecule has 9 heteroatoms. The number of benzene rings is 2. The highest BCUT2D eigenvalue weighted by Gasteiger charge is 2.13. The summed E-state index contributed by atoms with van der Waals surface area (Å²) in [4.78, 5) is 19.0. The first-order valence-electron chi connectivity index (χ1n) is 8.65. The van der Waals surface area contributed by atoms with E-state index < -0.39 is 5.56 Å². The molecule has 0 atom stereocenters. The average Bonchev–Trinajstić information content (AvgIpc) is 2.73. The van der Waals surface area contributed by atoms with E-state index in [0.717, 1.165) is 0 Å². The lowest BCUT2D eigenvalue weighted by molar-refractivity contribution is 0.363. The summed E-state index contributed by atoms with van der Waals surface area (Å²) in [6.07, 6.45) is 3.04. The van der Waals surface area contributed by atoms with Gasteiger partial charge in [-0.1, -0.05) is 66.2 Å². The molecule has 30 heavy (non-hydrogen) atoms. The molecular formula is C21H15Cl2N5O2. The Kier molecular flexibility index (Phi) is 6.86. The van der Waals surface area contributed by atoms with Crippen molar-refractivity contribution >= 4 is 35.4 Å². The van der Waals surface area contributed by atoms with Crippen molar-refractivity contribution in [1.82, 2.24) is 9.97 Å². The van der Waals surface area contributed by atoms with Gasteiger partial charge in [-0.25, -0.2) is 10.4 Å². The Morgan fingerprint density at radius 3 is 2.60 bits per heavy atom. The number of nitriles is 1. The molecule has 0 fully saturated rings. The number of nitrogens with zero attached hydrogens (tertiary/aromatic N) is 3. The number of halogens is 2. The normalized spacial score (nSPS) is 10.6. The maximum atomic E-state index is 12.2. The zero-order chi connectivity index (χ0) is 21.5. The number of hydrogen-bond acceptors (Lipinski definition) is 6. The maximum Gasteiger partial charge on any atom is 0.270 e. The van der Waals surface area contributed by atoms with E-state index in [1.807, 2.05) is 12.1 Å². The van der Waals surface area contributed by atoms with Crippen molar-refractivity contribution in [3.63, 3.8) is 0 Å². The molecule has 0 aliphatic rings. The SMILES string of the molecule is C=CCOc1c(Cl)cc(C=NNc2nc(-c3ccccc3)c(C#N)c(=O)[nH]2)cc1Cl. The van der Waals surface area contributed by atoms with Crippen molar-refractivity contribution < 1.29 is 4.74 Å². The first kappa shape index (κ1) is 21.1. The molecule has 3 aromatic rings. The Balaban J connectivity index is 1.85. The largest absolute Gasteiger partial charge is 0.486 e. The number of hydrogen-bond donors (Lipinski definition) is 2. The topological polar surface area (TPSA) is 103 Å². The van der Waals surface area contributed by atoms with Crippen LogP contribution in [-0.2, 0) is 0 Å². The van der Waals surface area contributed by atoms with Crippen LogP contribution in [0.15, 0.2) is 65.0 Å². The molecule has 0 saturated heterocycles. The molecule has 0 aliphatic carbocycles. The third-order valence-electron chi connectivity index (χ3n) is 3.83. The quantitative estimate of drug-likeness (QED) is 0.317. The number of anilines is 1. The standard InChI is InChI=1S/C21H15Cl2N5O2/c1-2-8-30-19-16(22)9-13(10-17(19)23)12-25-28-21-26-18(14-6-4-3-5-7-14)15(11-24)20(29)27-21/h2-7,9-10,12H,1,8H2,(H2,26,27,28,29). The summed E-state index contributed by atoms with van der Waals surface area (Å²) in [7, 11) is 0. The van der Waals surface area contributed by atoms with Crippen LogP contribution in [0.2, 0.25) is 10.0 Å². The highest BCUT2D eigenvalue weighted by atomic mass is 35.5. The third-order valence-corrected chi connectivity index (χ3v) is 4.39. The number of H-pyrrole nitrogens is 1. The van der Waals surface area contributed by atoms with Gasteiger partial charge >= 0.3 is 0 Å². The van der Waals surface area contributed by atoms with Crippen LogP contribution in [0.4, 0.5) is 5.95 Å². The fourth-order valence-electron chi connectivity index (χ4n) is 2.54. The van der Waals surface area contributed by atoms with Crippen molar-refractivity contribution in [2.24, 2.45) is 5.10 Å². The lowest BCUT2D eigenvalue weighted by Gasteiger charge is -2.09. The zero-order valence-electron chi connectivity index (χ0n) is 15.5. The molecule has 2 N–H and O–H groups in total. The Morgan fingerprint density at radius 1 is 1.27 bits per heavy atom. The smallest absolute Gasteiger partial charge is 0.270 e. The Morgan fingerprint density at radius 2 is 1.97 bits per heavy atom. The summed E-state index contributed by atoms with van der Waals surface area (Å²) in [5, 5.41) is 14.0. The van der Waals surface area contributed by atoms with Crippen LogP contribution in [0.1, 0.15) is 11.1 Å². The van der Waals surface area contributed by atoms with Gasteiger partial charge in [-0.3, -0.25) is 9.78 Å². The van der Waals surface area contributed by atoms with Gasteiger partial charge < -0.3 is 4.74 Å². The van der Waals surface area contributed by atoms with Gasteiger partial charge in [-0.15, -0.1) is 0 Å². The lowest BCUT2D eigenvalue weighted by Crippen LogP contribution is -2.16. The van der Waals surface area contributed by atoms with E-state index in [0.29, 0.717) is 26.9 Å². The van der Waals surface area contributed by atoms with Gasteiger partial charge in [0.1, 0.15) is 18.2 Å². The van der Waals surface area contributed by atoms with Crippen LogP contribution in [0.3, 0.4) is 0 Å². The molecule has 2 aromatic carbocycles. The highest BCUT2D eigenvalue weighted by molar-refractivity contribution is 6.37. The Hall–Kier alpha value is -3.60. The van der Waals surface area contributed by atoms with Crippen molar-refractivity contribution in [1.29, 1.82) is 5.26 Å². The van der Waals surface area contributed by atoms with E-state index in [9.17, 15) is 10.1 Å². The van der Waals surface area contributed by atoms with Crippen LogP contribution in [0, 0.1) is 11.3 Å². The highest BCUT2D eigenvalue weighted by Crippen LogP contribution is 2.33. The molecular weight excluding hydrogens is 425 g/mol. The molecule has 0 unspecified atom stereocenters. The van der Waals surface area contributed by atoms with Crippen LogP contribution in [-0.4, -0.2) is 22.8 Å². The second-order valence-corrected chi connectivity index (χ2v) is 6.71. The minimum Gasteiger partial charge on any atom is -0.486 e. The second-order valence-electron chi connectivity index (χ2n) is 5.90. The molecule has 0 spiro atoms. The van der Waals surface area contributed by atoms with Crippen molar-refractivity contribution in [2.45, 2.75) is 0 Å². The van der Waals surface area contributed by atoms with Gasteiger partial charge in [0, 0.05) is 5.56 Å². The van der Waals surface area contributed by atoms with Gasteiger partial charge in [0.25, 0.3) is 5.56 Å². The van der Waals surface area contributed by atoms with Crippen LogP contribution in [0.5, 0.6) is 5.75 Å². The van der Waals surface area contributed by atoms with E-state index in [2.05, 4.69) is 27.1 Å². The second kappa shape index (κ2) is 9.74. The number of aromatic nitrogens is 2. The zero-order valence-corrected chi connectivity index (χ0v) is 17.0. The number of nitrogens with one attached hydrogen (secondary N) is 2. The summed E-state index contributed by atoms with van der Waals surface area (Å²) < 4.78 is 5.42. The predicted octanol–water partition coefficient (Wildman–Crippen LogP) is 4.63. The van der Waals surface area contributed by atoms with E-state index >= 15 is 0 Å². The van der Waals surface area contributed by atoms with E-state index in [1.54, 1.807) is 42.5 Å². The molecule has 0 amide bonds. The molecule has 1 heterocycles. The average molecular weight is 440 g/mol. The van der Waals surface area contributed by atoms with Crippen LogP contribution >= 0.6 is 23.2 Å². The molecule has 0 radical (unpaired) electrons. The molecule has 1 aromatic heterocycles. The summed E-state index contributed by atoms with van der Waals surface area (Å²) in [5.74, 6) is 0.436. The van der Waals surface area contributed by atoms with Crippen molar-refractivity contribution in [3.05, 3.63) is 86.6 Å². The van der Waals surface area contributed by atoms with Crippen LogP contribution in [0.25, 0.3) is 11.3 Å². The van der Waals surface area contributed by atoms with Gasteiger partial charge in [-0.05, 0) is 17.7 Å². The first-order valence-corrected chi connectivity index (χ1v) is 9.40. The number of aromatic amines is 1. The summed E-state index contributed by atoms with van der Waals surface area (Å²) in [5.41, 5.74) is 3.49. The number of hydrazone groups is 1. The Bertz CT molecular complexity index is 1180. The monoisotopic (exact) mass is 439 g/mol.